The molecule has 0 unspecified atom stereocenters. The number of rotatable bonds is 8. The van der Waals surface area contributed by atoms with Crippen molar-refractivity contribution in [3.8, 4) is 0 Å². The van der Waals surface area contributed by atoms with Gasteiger partial charge in [0.1, 0.15) is 0 Å². The van der Waals surface area contributed by atoms with Crippen LogP contribution in [0.25, 0.3) is 0 Å². The fourth-order valence-electron chi connectivity index (χ4n) is 2.63. The van der Waals surface area contributed by atoms with Gasteiger partial charge in [0.2, 0.25) is 20.0 Å². The molecule has 2 aromatic rings. The van der Waals surface area contributed by atoms with E-state index in [0.29, 0.717) is 13.1 Å². The maximum atomic E-state index is 12.8. The second-order valence-corrected chi connectivity index (χ2v) is 10.8. The summed E-state index contributed by atoms with van der Waals surface area (Å²) in [5.41, 5.74) is 0.837. The van der Waals surface area contributed by atoms with Crippen molar-refractivity contribution in [2.45, 2.75) is 30.2 Å². The van der Waals surface area contributed by atoms with E-state index in [-0.39, 0.29) is 16.3 Å². The van der Waals surface area contributed by atoms with Crippen LogP contribution in [-0.4, -0.2) is 45.6 Å². The maximum absolute atomic E-state index is 12.8. The zero-order valence-corrected chi connectivity index (χ0v) is 18.7. The van der Waals surface area contributed by atoms with E-state index < -0.39 is 20.0 Å². The van der Waals surface area contributed by atoms with Gasteiger partial charge in [0, 0.05) is 31.2 Å². The van der Waals surface area contributed by atoms with Crippen molar-refractivity contribution in [3.63, 3.8) is 0 Å². The van der Waals surface area contributed by atoms with Crippen LogP contribution >= 0.6 is 15.9 Å². The Morgan fingerprint density at radius 2 is 1.30 bits per heavy atom. The fourth-order valence-corrected chi connectivity index (χ4v) is 5.64. The van der Waals surface area contributed by atoms with Gasteiger partial charge in [-0.25, -0.2) is 16.8 Å². The Labute approximate surface area is 170 Å². The van der Waals surface area contributed by atoms with E-state index in [1.807, 2.05) is 24.3 Å². The fraction of sp³-hybridized carbons (Fsp3) is 0.333. The first-order valence-corrected chi connectivity index (χ1v) is 12.1. The summed E-state index contributed by atoms with van der Waals surface area (Å²) in [6.07, 6.45) is 0. The molecule has 0 aliphatic rings. The predicted octanol–water partition coefficient (Wildman–Crippen LogP) is 3.30. The van der Waals surface area contributed by atoms with Crippen LogP contribution in [-0.2, 0) is 26.6 Å². The molecule has 2 rings (SSSR count). The summed E-state index contributed by atoms with van der Waals surface area (Å²) in [4.78, 5) is 0.133. The lowest BCUT2D eigenvalue weighted by molar-refractivity contribution is 0.445. The van der Waals surface area contributed by atoms with E-state index in [0.717, 1.165) is 10.0 Å². The minimum atomic E-state index is -3.74. The monoisotopic (exact) mass is 474 g/mol. The largest absolute Gasteiger partial charge is 0.243 e. The van der Waals surface area contributed by atoms with Crippen LogP contribution in [0, 0.1) is 0 Å². The van der Waals surface area contributed by atoms with Crippen LogP contribution in [0.1, 0.15) is 19.4 Å². The summed E-state index contributed by atoms with van der Waals surface area (Å²) in [7, 11) is -5.87. The average molecular weight is 475 g/mol. The van der Waals surface area contributed by atoms with E-state index >= 15 is 0 Å². The molecule has 0 atom stereocenters. The van der Waals surface area contributed by atoms with Crippen molar-refractivity contribution >= 4 is 36.0 Å². The Kier molecular flexibility index (Phi) is 7.20. The first-order chi connectivity index (χ1) is 12.6. The van der Waals surface area contributed by atoms with E-state index in [9.17, 15) is 16.8 Å². The molecule has 0 radical (unpaired) electrons. The van der Waals surface area contributed by atoms with Crippen molar-refractivity contribution in [1.29, 1.82) is 0 Å². The molecule has 2 aromatic carbocycles. The van der Waals surface area contributed by atoms with Crippen molar-refractivity contribution < 1.29 is 16.8 Å². The molecule has 0 spiro atoms. The molecule has 0 amide bonds. The van der Waals surface area contributed by atoms with Gasteiger partial charge in [-0.2, -0.15) is 8.61 Å². The summed E-state index contributed by atoms with van der Waals surface area (Å²) < 4.78 is 54.1. The number of halogens is 1. The molecule has 148 valence electrons. The van der Waals surface area contributed by atoms with Gasteiger partial charge in [-0.15, -0.1) is 0 Å². The Bertz CT molecular complexity index is 986. The van der Waals surface area contributed by atoms with Gasteiger partial charge in [-0.1, -0.05) is 48.0 Å². The predicted molar refractivity (Wildman–Crippen MR) is 109 cm³/mol. The number of hydrogen-bond donors (Lipinski definition) is 0. The molecule has 27 heavy (non-hydrogen) atoms. The highest BCUT2D eigenvalue weighted by molar-refractivity contribution is 9.10. The molecule has 0 aromatic heterocycles. The van der Waals surface area contributed by atoms with Gasteiger partial charge in [-0.05, 0) is 35.9 Å². The van der Waals surface area contributed by atoms with Gasteiger partial charge >= 0.3 is 0 Å². The topological polar surface area (TPSA) is 74.8 Å². The standard InChI is InChI=1S/C18H23BrN2O4S2/c1-4-21(5-2)27(24,25)17-12-10-16(11-13-17)26(22,23)20(3)14-15-8-6-7-9-18(15)19/h6-13H,4-5,14H2,1-3H3. The summed E-state index contributed by atoms with van der Waals surface area (Å²) in [6.45, 7) is 4.43. The lowest BCUT2D eigenvalue weighted by atomic mass is 10.2. The maximum Gasteiger partial charge on any atom is 0.243 e. The lowest BCUT2D eigenvalue weighted by Gasteiger charge is -2.20. The van der Waals surface area contributed by atoms with Crippen molar-refractivity contribution in [3.05, 3.63) is 58.6 Å². The molecule has 0 aliphatic carbocycles. The Morgan fingerprint density at radius 3 is 1.78 bits per heavy atom. The summed E-state index contributed by atoms with van der Waals surface area (Å²) in [6, 6.07) is 12.7. The molecule has 0 aliphatic heterocycles. The van der Waals surface area contributed by atoms with Gasteiger partial charge in [0.05, 0.1) is 9.79 Å². The van der Waals surface area contributed by atoms with E-state index in [2.05, 4.69) is 15.9 Å². The molecular weight excluding hydrogens is 452 g/mol. The number of nitrogens with zero attached hydrogens (tertiary/aromatic N) is 2. The minimum absolute atomic E-state index is 0.0514. The molecule has 0 fully saturated rings. The highest BCUT2D eigenvalue weighted by Crippen LogP contribution is 2.23. The zero-order valence-electron chi connectivity index (χ0n) is 15.5. The molecule has 6 nitrogen and oxygen atoms in total. The van der Waals surface area contributed by atoms with Gasteiger partial charge < -0.3 is 0 Å². The molecule has 0 saturated heterocycles. The summed E-state index contributed by atoms with van der Waals surface area (Å²) in [5.74, 6) is 0. The second-order valence-electron chi connectivity index (χ2n) is 5.91. The summed E-state index contributed by atoms with van der Waals surface area (Å²) >= 11 is 3.41. The third-order valence-corrected chi connectivity index (χ3v) is 8.88. The minimum Gasteiger partial charge on any atom is -0.207 e. The normalized spacial score (nSPS) is 12.7. The smallest absolute Gasteiger partial charge is 0.207 e. The van der Waals surface area contributed by atoms with Gasteiger partial charge in [0.25, 0.3) is 0 Å². The molecule has 0 N–H and O–H groups in total. The van der Waals surface area contributed by atoms with Crippen molar-refractivity contribution in [2.24, 2.45) is 0 Å². The summed E-state index contributed by atoms with van der Waals surface area (Å²) in [5, 5.41) is 0. The third kappa shape index (κ3) is 4.78. The lowest BCUT2D eigenvalue weighted by Crippen LogP contribution is -2.30. The first-order valence-electron chi connectivity index (χ1n) is 8.44. The molecule has 0 heterocycles. The Hall–Kier alpha value is -1.26. The van der Waals surface area contributed by atoms with Crippen LogP contribution < -0.4 is 0 Å². The van der Waals surface area contributed by atoms with E-state index in [1.54, 1.807) is 13.8 Å². The van der Waals surface area contributed by atoms with Crippen LogP contribution in [0.5, 0.6) is 0 Å². The average Bonchev–Trinajstić information content (AvgIpc) is 2.64. The van der Waals surface area contributed by atoms with Gasteiger partial charge in [-0.3, -0.25) is 0 Å². The van der Waals surface area contributed by atoms with Crippen LogP contribution in [0.4, 0.5) is 0 Å². The van der Waals surface area contributed by atoms with Crippen molar-refractivity contribution in [2.75, 3.05) is 20.1 Å². The van der Waals surface area contributed by atoms with Crippen LogP contribution in [0.3, 0.4) is 0 Å². The molecule has 0 bridgehead atoms. The quantitative estimate of drug-likeness (QED) is 0.587. The van der Waals surface area contributed by atoms with Gasteiger partial charge in [0.15, 0.2) is 0 Å². The zero-order chi connectivity index (χ0) is 20.2. The van der Waals surface area contributed by atoms with Crippen LogP contribution in [0.2, 0.25) is 0 Å². The SMILES string of the molecule is CCN(CC)S(=O)(=O)c1ccc(S(=O)(=O)N(C)Cc2ccccc2Br)cc1. The first kappa shape index (κ1) is 22.0. The van der Waals surface area contributed by atoms with E-state index in [1.165, 1.54) is 39.9 Å². The third-order valence-electron chi connectivity index (χ3n) is 4.23. The highest BCUT2D eigenvalue weighted by Gasteiger charge is 2.25. The Morgan fingerprint density at radius 1 is 0.815 bits per heavy atom. The second kappa shape index (κ2) is 8.83. The highest BCUT2D eigenvalue weighted by atomic mass is 79.9. The molecule has 0 saturated carbocycles. The van der Waals surface area contributed by atoms with Crippen LogP contribution in [0.15, 0.2) is 62.8 Å². The molecular formula is C18H23BrN2O4S2. The Balaban J connectivity index is 2.28. The number of hydrogen-bond acceptors (Lipinski definition) is 4. The molecule has 9 heteroatoms. The van der Waals surface area contributed by atoms with Crippen molar-refractivity contribution in [1.82, 2.24) is 8.61 Å². The number of sulfonamides is 2. The van der Waals surface area contributed by atoms with E-state index in [4.69, 9.17) is 0 Å². The number of benzene rings is 2.